The molecule has 0 aromatic carbocycles. The number of nitrogens with two attached hydrogens (primary N) is 1. The average Bonchev–Trinajstić information content (AvgIpc) is 3.16. The molecule has 0 unspecified atom stereocenters. The van der Waals surface area contributed by atoms with E-state index in [0.29, 0.717) is 12.5 Å². The molecule has 0 aromatic heterocycles. The van der Waals surface area contributed by atoms with Crippen molar-refractivity contribution in [1.82, 2.24) is 5.32 Å². The Morgan fingerprint density at radius 3 is 2.50 bits per heavy atom. The zero-order valence-corrected chi connectivity index (χ0v) is 14.7. The third kappa shape index (κ3) is 2.80. The van der Waals surface area contributed by atoms with Crippen molar-refractivity contribution in [2.45, 2.75) is 58.4 Å². The van der Waals surface area contributed by atoms with Gasteiger partial charge in [-0.25, -0.2) is 0 Å². The molecule has 3 fully saturated rings. The van der Waals surface area contributed by atoms with Gasteiger partial charge in [0.05, 0.1) is 13.1 Å². The molecule has 3 atom stereocenters. The van der Waals surface area contributed by atoms with Crippen LogP contribution >= 0.6 is 0 Å². The summed E-state index contributed by atoms with van der Waals surface area (Å²) in [6.07, 6.45) is 6.73. The van der Waals surface area contributed by atoms with Gasteiger partial charge in [-0.05, 0) is 43.4 Å². The summed E-state index contributed by atoms with van der Waals surface area (Å²) in [6, 6.07) is 0. The predicted octanol–water partition coefficient (Wildman–Crippen LogP) is -0.440. The van der Waals surface area contributed by atoms with Crippen molar-refractivity contribution in [2.75, 3.05) is 32.7 Å². The van der Waals surface area contributed by atoms with Crippen molar-refractivity contribution in [3.8, 4) is 0 Å². The van der Waals surface area contributed by atoms with Crippen LogP contribution in [0.25, 0.3) is 0 Å². The van der Waals surface area contributed by atoms with Gasteiger partial charge in [0.25, 0.3) is 5.91 Å². The first kappa shape index (κ1) is 16.3. The lowest BCUT2D eigenvalue weighted by atomic mass is 9.64. The van der Waals surface area contributed by atoms with E-state index in [1.807, 2.05) is 0 Å². The monoisotopic (exact) mass is 309 g/mol. The summed E-state index contributed by atoms with van der Waals surface area (Å²) in [7, 11) is 0. The summed E-state index contributed by atoms with van der Waals surface area (Å²) in [5.41, 5.74) is 0.242. The standard InChI is InChI=1S/C18H33N3O/c1-17(2)14-6-7-15(12-14)18(17,3)20-16(22)13-19-8-11-21-9-4-5-10-21/h14-15,19H,4-13H2,1-3H3,(H,20,22)/p+2/t14-,15-,18-/m1/s1. The molecular weight excluding hydrogens is 274 g/mol. The topological polar surface area (TPSA) is 50.1 Å². The molecule has 2 saturated carbocycles. The third-order valence-corrected chi connectivity index (χ3v) is 7.35. The Balaban J connectivity index is 1.43. The number of amides is 1. The third-order valence-electron chi connectivity index (χ3n) is 7.35. The van der Waals surface area contributed by atoms with E-state index in [0.717, 1.165) is 12.5 Å². The van der Waals surface area contributed by atoms with E-state index in [1.165, 1.54) is 51.7 Å². The Morgan fingerprint density at radius 1 is 1.18 bits per heavy atom. The Bertz CT molecular complexity index is 417. The Hall–Kier alpha value is -0.610. The minimum Gasteiger partial charge on any atom is -0.345 e. The van der Waals surface area contributed by atoms with Crippen molar-refractivity contribution in [3.63, 3.8) is 0 Å². The number of carbonyl (C=O) groups is 1. The molecular formula is C18H35N3O+2. The van der Waals surface area contributed by atoms with Gasteiger partial charge in [0.1, 0.15) is 13.1 Å². The van der Waals surface area contributed by atoms with Crippen molar-refractivity contribution >= 4 is 5.91 Å². The highest BCUT2D eigenvalue weighted by atomic mass is 16.2. The van der Waals surface area contributed by atoms with Crippen LogP contribution in [0.4, 0.5) is 0 Å². The van der Waals surface area contributed by atoms with Crippen LogP contribution in [0.3, 0.4) is 0 Å². The van der Waals surface area contributed by atoms with Crippen LogP contribution in [0.5, 0.6) is 0 Å². The molecule has 0 spiro atoms. The second kappa shape index (κ2) is 6.12. The second-order valence-electron chi connectivity index (χ2n) is 8.67. The number of quaternary nitrogens is 2. The fraction of sp³-hybridized carbons (Fsp3) is 0.944. The molecule has 1 amide bonds. The Kier molecular flexibility index (Phi) is 4.52. The number of hydrogen-bond donors (Lipinski definition) is 3. The number of fused-ring (bicyclic) bond motifs is 2. The first-order valence-electron chi connectivity index (χ1n) is 9.40. The molecule has 1 aliphatic heterocycles. The highest BCUT2D eigenvalue weighted by Gasteiger charge is 2.60. The molecule has 4 N–H and O–H groups in total. The van der Waals surface area contributed by atoms with Gasteiger partial charge in [0.2, 0.25) is 0 Å². The maximum absolute atomic E-state index is 12.4. The molecule has 0 aromatic rings. The van der Waals surface area contributed by atoms with Gasteiger partial charge in [0, 0.05) is 18.4 Å². The van der Waals surface area contributed by atoms with Gasteiger partial charge >= 0.3 is 0 Å². The lowest BCUT2D eigenvalue weighted by Gasteiger charge is -2.48. The SMILES string of the molecule is CC1(C)[C@@H]2CC[C@H](C2)[C@@]1(C)NC(=O)C[NH2+]CC[NH+]1CCCC1. The minimum absolute atomic E-state index is 0.00103. The molecule has 1 saturated heterocycles. The highest BCUT2D eigenvalue weighted by Crippen LogP contribution is 2.61. The number of carbonyl (C=O) groups excluding carboxylic acids is 1. The molecule has 2 bridgehead atoms. The fourth-order valence-electron chi connectivity index (χ4n) is 5.38. The van der Waals surface area contributed by atoms with Gasteiger partial charge in [-0.3, -0.25) is 4.79 Å². The molecule has 1 heterocycles. The van der Waals surface area contributed by atoms with E-state index in [2.05, 4.69) is 31.4 Å². The molecule has 2 aliphatic carbocycles. The molecule has 126 valence electrons. The van der Waals surface area contributed by atoms with Crippen molar-refractivity contribution in [2.24, 2.45) is 17.3 Å². The van der Waals surface area contributed by atoms with Crippen LogP contribution in [-0.4, -0.2) is 44.2 Å². The van der Waals surface area contributed by atoms with Gasteiger partial charge < -0.3 is 15.5 Å². The lowest BCUT2D eigenvalue weighted by molar-refractivity contribution is -0.900. The first-order chi connectivity index (χ1) is 10.4. The molecule has 0 radical (unpaired) electrons. The van der Waals surface area contributed by atoms with Gasteiger partial charge in [-0.15, -0.1) is 0 Å². The Morgan fingerprint density at radius 2 is 1.86 bits per heavy atom. The normalized spacial score (nSPS) is 36.9. The van der Waals surface area contributed by atoms with Crippen LogP contribution < -0.4 is 15.5 Å². The number of hydrogen-bond acceptors (Lipinski definition) is 1. The zero-order valence-electron chi connectivity index (χ0n) is 14.7. The van der Waals surface area contributed by atoms with E-state index in [-0.39, 0.29) is 16.9 Å². The predicted molar refractivity (Wildman–Crippen MR) is 87.6 cm³/mol. The van der Waals surface area contributed by atoms with E-state index in [4.69, 9.17) is 0 Å². The van der Waals surface area contributed by atoms with Crippen LogP contribution in [0.2, 0.25) is 0 Å². The van der Waals surface area contributed by atoms with Gasteiger partial charge in [0.15, 0.2) is 6.54 Å². The molecule has 3 rings (SSSR count). The summed E-state index contributed by atoms with van der Waals surface area (Å²) in [4.78, 5) is 14.1. The highest BCUT2D eigenvalue weighted by molar-refractivity contribution is 5.77. The van der Waals surface area contributed by atoms with E-state index >= 15 is 0 Å². The summed E-state index contributed by atoms with van der Waals surface area (Å²) < 4.78 is 0. The number of likely N-dealkylation sites (tertiary alicyclic amines) is 1. The molecule has 22 heavy (non-hydrogen) atoms. The Labute approximate surface area is 135 Å². The second-order valence-corrected chi connectivity index (χ2v) is 8.67. The minimum atomic E-state index is 0.00103. The number of nitrogens with one attached hydrogen (secondary N) is 2. The largest absolute Gasteiger partial charge is 0.345 e. The van der Waals surface area contributed by atoms with Crippen molar-refractivity contribution < 1.29 is 15.0 Å². The van der Waals surface area contributed by atoms with Gasteiger partial charge in [-0.2, -0.15) is 0 Å². The summed E-state index contributed by atoms with van der Waals surface area (Å²) in [5, 5.41) is 5.63. The van der Waals surface area contributed by atoms with E-state index in [9.17, 15) is 4.79 Å². The summed E-state index contributed by atoms with van der Waals surface area (Å²) in [5.74, 6) is 1.72. The van der Waals surface area contributed by atoms with Crippen LogP contribution in [0.15, 0.2) is 0 Å². The smallest absolute Gasteiger partial charge is 0.275 e. The van der Waals surface area contributed by atoms with Crippen molar-refractivity contribution in [3.05, 3.63) is 0 Å². The fourth-order valence-corrected chi connectivity index (χ4v) is 5.38. The summed E-state index contributed by atoms with van der Waals surface area (Å²) in [6.45, 7) is 12.6. The van der Waals surface area contributed by atoms with Crippen LogP contribution in [0, 0.1) is 17.3 Å². The molecule has 4 heteroatoms. The number of rotatable bonds is 6. The lowest BCUT2D eigenvalue weighted by Crippen LogP contribution is -3.13. The zero-order chi connectivity index (χ0) is 15.8. The van der Waals surface area contributed by atoms with Crippen LogP contribution in [0.1, 0.15) is 52.9 Å². The quantitative estimate of drug-likeness (QED) is 0.573. The summed E-state index contributed by atoms with van der Waals surface area (Å²) >= 11 is 0. The van der Waals surface area contributed by atoms with Crippen LogP contribution in [-0.2, 0) is 4.79 Å². The molecule has 4 nitrogen and oxygen atoms in total. The van der Waals surface area contributed by atoms with Gasteiger partial charge in [-0.1, -0.05) is 13.8 Å². The van der Waals surface area contributed by atoms with E-state index < -0.39 is 0 Å². The molecule has 3 aliphatic rings. The van der Waals surface area contributed by atoms with Crippen molar-refractivity contribution in [1.29, 1.82) is 0 Å². The maximum Gasteiger partial charge on any atom is 0.275 e. The van der Waals surface area contributed by atoms with E-state index in [1.54, 1.807) is 4.90 Å². The average molecular weight is 309 g/mol. The maximum atomic E-state index is 12.4. The first-order valence-corrected chi connectivity index (χ1v) is 9.40.